The Kier molecular flexibility index (Phi) is 6.71. The third-order valence-corrected chi connectivity index (χ3v) is 11.1. The zero-order chi connectivity index (χ0) is 27.7. The second-order valence-electron chi connectivity index (χ2n) is 12.5. The van der Waals surface area contributed by atoms with Gasteiger partial charge in [-0.1, -0.05) is 19.1 Å². The van der Waals surface area contributed by atoms with E-state index in [4.69, 9.17) is 4.74 Å². The predicted octanol–water partition coefficient (Wildman–Crippen LogP) is 1.65. The van der Waals surface area contributed by atoms with Gasteiger partial charge in [0.1, 0.15) is 29.7 Å². The molecule has 0 amide bonds. The van der Waals surface area contributed by atoms with E-state index in [1.165, 1.54) is 6.92 Å². The van der Waals surface area contributed by atoms with Gasteiger partial charge in [-0.15, -0.1) is 0 Å². The molecule has 0 spiro atoms. The molecule has 1 aromatic rings. The first-order chi connectivity index (χ1) is 17.9. The minimum atomic E-state index is -2.29. The van der Waals surface area contributed by atoms with Gasteiger partial charge in [0.25, 0.3) is 0 Å². The van der Waals surface area contributed by atoms with Crippen LogP contribution in [0.15, 0.2) is 24.3 Å². The maximum Gasteiger partial charge on any atom is 0.340 e. The molecular formula is C29H41NO8. The number of nitrogens with one attached hydrogen (secondary N) is 1. The van der Waals surface area contributed by atoms with Gasteiger partial charge in [-0.25, -0.2) is 4.79 Å². The molecule has 9 nitrogen and oxygen atoms in total. The highest BCUT2D eigenvalue weighted by Crippen LogP contribution is 2.70. The molecule has 5 rings (SSSR count). The van der Waals surface area contributed by atoms with Gasteiger partial charge in [0, 0.05) is 12.7 Å². The summed E-state index contributed by atoms with van der Waals surface area (Å²) in [6.45, 7) is 2.94. The Bertz CT molecular complexity index is 1110. The molecule has 4 fully saturated rings. The molecule has 1 aromatic carbocycles. The van der Waals surface area contributed by atoms with Crippen molar-refractivity contribution in [2.24, 2.45) is 28.6 Å². The maximum absolute atomic E-state index is 13.2. The molecule has 0 unspecified atom stereocenters. The monoisotopic (exact) mass is 531 g/mol. The Morgan fingerprint density at radius 1 is 1.05 bits per heavy atom. The molecule has 0 bridgehead atoms. The van der Waals surface area contributed by atoms with Crippen LogP contribution in [0.25, 0.3) is 0 Å². The number of fused-ring (bicyclic) bond motifs is 5. The lowest BCUT2D eigenvalue weighted by atomic mass is 9.41. The average molecular weight is 532 g/mol. The van der Waals surface area contributed by atoms with Crippen molar-refractivity contribution >= 4 is 17.4 Å². The van der Waals surface area contributed by atoms with Crippen molar-refractivity contribution in [3.63, 3.8) is 0 Å². The first-order valence-electron chi connectivity index (χ1n) is 13.8. The topological polar surface area (TPSA) is 157 Å². The van der Waals surface area contributed by atoms with Crippen molar-refractivity contribution in [1.82, 2.24) is 0 Å². The van der Waals surface area contributed by atoms with Gasteiger partial charge in [-0.3, -0.25) is 4.79 Å². The number of ketones is 1. The van der Waals surface area contributed by atoms with Crippen LogP contribution in [0.3, 0.4) is 0 Å². The Morgan fingerprint density at radius 2 is 1.76 bits per heavy atom. The smallest absolute Gasteiger partial charge is 0.340 e. The van der Waals surface area contributed by atoms with E-state index in [1.54, 1.807) is 31.3 Å². The van der Waals surface area contributed by atoms with Crippen LogP contribution >= 0.6 is 0 Å². The van der Waals surface area contributed by atoms with E-state index in [1.807, 2.05) is 0 Å². The molecule has 210 valence electrons. The van der Waals surface area contributed by atoms with Crippen molar-refractivity contribution in [3.8, 4) is 0 Å². The van der Waals surface area contributed by atoms with E-state index in [0.717, 1.165) is 0 Å². The molecule has 10 atom stereocenters. The number of aliphatic hydroxyl groups excluding tert-OH is 3. The quantitative estimate of drug-likeness (QED) is 0.311. The summed E-state index contributed by atoms with van der Waals surface area (Å²) in [5.74, 6) is -2.61. The largest absolute Gasteiger partial charge is 0.461 e. The Labute approximate surface area is 223 Å². The fourth-order valence-corrected chi connectivity index (χ4v) is 9.22. The van der Waals surface area contributed by atoms with Crippen LogP contribution < -0.4 is 5.32 Å². The number of anilines is 1. The summed E-state index contributed by atoms with van der Waals surface area (Å²) in [5.41, 5.74) is -5.26. The molecule has 0 saturated heterocycles. The van der Waals surface area contributed by atoms with Crippen molar-refractivity contribution in [2.45, 2.75) is 88.3 Å². The van der Waals surface area contributed by atoms with Gasteiger partial charge < -0.3 is 35.6 Å². The maximum atomic E-state index is 13.2. The zero-order valence-corrected chi connectivity index (χ0v) is 22.4. The summed E-state index contributed by atoms with van der Waals surface area (Å²) >= 11 is 0. The fraction of sp³-hybridized carbons (Fsp3) is 0.724. The number of ether oxygens (including phenoxy) is 1. The van der Waals surface area contributed by atoms with E-state index in [0.29, 0.717) is 37.8 Å². The molecule has 6 N–H and O–H groups in total. The summed E-state index contributed by atoms with van der Waals surface area (Å²) < 4.78 is 5.77. The average Bonchev–Trinajstić information content (AvgIpc) is 3.07. The summed E-state index contributed by atoms with van der Waals surface area (Å²) in [4.78, 5) is 26.2. The third-order valence-electron chi connectivity index (χ3n) is 11.1. The first kappa shape index (κ1) is 27.5. The number of Topliss-reactive ketones (excluding diaryl/α,β-unsaturated/α-hetero) is 1. The minimum absolute atomic E-state index is 0.147. The highest BCUT2D eigenvalue weighted by atomic mass is 16.5. The molecule has 4 saturated carbocycles. The summed E-state index contributed by atoms with van der Waals surface area (Å²) in [6.07, 6.45) is -0.662. The van der Waals surface area contributed by atoms with Crippen molar-refractivity contribution in [1.29, 1.82) is 0 Å². The van der Waals surface area contributed by atoms with Gasteiger partial charge in [0.15, 0.2) is 0 Å². The molecule has 38 heavy (non-hydrogen) atoms. The molecule has 0 radical (unpaired) electrons. The van der Waals surface area contributed by atoms with Gasteiger partial charge in [-0.2, -0.15) is 0 Å². The molecule has 9 heteroatoms. The Balaban J connectivity index is 1.56. The molecule has 0 aromatic heterocycles. The summed E-state index contributed by atoms with van der Waals surface area (Å²) in [5, 5.41) is 60.9. The van der Waals surface area contributed by atoms with Gasteiger partial charge in [0.2, 0.25) is 0 Å². The van der Waals surface area contributed by atoms with Crippen molar-refractivity contribution in [3.05, 3.63) is 29.8 Å². The summed E-state index contributed by atoms with van der Waals surface area (Å²) in [6, 6.07) is 6.79. The normalized spacial score (nSPS) is 45.9. The van der Waals surface area contributed by atoms with Gasteiger partial charge in [0.05, 0.1) is 29.1 Å². The predicted molar refractivity (Wildman–Crippen MR) is 138 cm³/mol. The molecule has 4 aliphatic carbocycles. The summed E-state index contributed by atoms with van der Waals surface area (Å²) in [7, 11) is 1.68. The zero-order valence-electron chi connectivity index (χ0n) is 22.4. The van der Waals surface area contributed by atoms with E-state index < -0.39 is 70.5 Å². The number of para-hydroxylation sites is 1. The minimum Gasteiger partial charge on any atom is -0.461 e. The van der Waals surface area contributed by atoms with Gasteiger partial charge in [-0.05, 0) is 81.3 Å². The van der Waals surface area contributed by atoms with Crippen LogP contribution in [0.5, 0.6) is 0 Å². The second kappa shape index (κ2) is 9.27. The van der Waals surface area contributed by atoms with E-state index in [-0.39, 0.29) is 24.3 Å². The van der Waals surface area contributed by atoms with Crippen molar-refractivity contribution < 1.29 is 39.9 Å². The standard InChI is InChI=1S/C29H41NO8/c1-16(31)22-23(33)24(34)29(37)27(22,15-38-25(35)19-6-4-5-7-20(19)30-3)12-10-21-26(2)11-9-18(32)14-17(26)8-13-28(21,29)36/h4-7,17-18,21-24,30,32-34,36-37H,8-15H2,1-3H3/t17-,18-,21+,22-,23-,24+,26-,27-,28+,29+/m0/s1. The van der Waals surface area contributed by atoms with Crippen molar-refractivity contribution in [2.75, 3.05) is 19.0 Å². The van der Waals surface area contributed by atoms with E-state index >= 15 is 0 Å². The number of carbonyl (C=O) groups is 2. The highest BCUT2D eigenvalue weighted by Gasteiger charge is 2.81. The highest BCUT2D eigenvalue weighted by molar-refractivity contribution is 5.95. The lowest BCUT2D eigenvalue weighted by Crippen LogP contribution is -2.77. The van der Waals surface area contributed by atoms with Crippen LogP contribution in [0, 0.1) is 28.6 Å². The lowest BCUT2D eigenvalue weighted by molar-refractivity contribution is -0.324. The van der Waals surface area contributed by atoms with E-state index in [9.17, 15) is 35.1 Å². The number of hydrogen-bond acceptors (Lipinski definition) is 9. The number of hydrogen-bond donors (Lipinski definition) is 6. The Hall–Kier alpha value is -2.04. The number of aliphatic hydroxyl groups is 5. The van der Waals surface area contributed by atoms with Crippen LogP contribution in [0.1, 0.15) is 69.2 Å². The Morgan fingerprint density at radius 3 is 2.45 bits per heavy atom. The van der Waals surface area contributed by atoms with Crippen LogP contribution in [-0.4, -0.2) is 80.5 Å². The van der Waals surface area contributed by atoms with Crippen LogP contribution in [-0.2, 0) is 9.53 Å². The fourth-order valence-electron chi connectivity index (χ4n) is 9.22. The van der Waals surface area contributed by atoms with E-state index in [2.05, 4.69) is 12.2 Å². The number of esters is 1. The molecule has 0 aliphatic heterocycles. The lowest BCUT2D eigenvalue weighted by Gasteiger charge is -2.67. The first-order valence-corrected chi connectivity index (χ1v) is 13.8. The van der Waals surface area contributed by atoms with Gasteiger partial charge >= 0.3 is 5.97 Å². The molecule has 0 heterocycles. The van der Waals surface area contributed by atoms with Crippen LogP contribution in [0.4, 0.5) is 5.69 Å². The number of rotatable bonds is 5. The molecule has 4 aliphatic rings. The third kappa shape index (κ3) is 3.48. The number of carbonyl (C=O) groups excluding carboxylic acids is 2. The number of benzene rings is 1. The SMILES string of the molecule is CNc1ccccc1C(=O)OC[C@]12CC[C@@H]3[C@@]4(C)CC[C@H](O)C[C@@H]4CC[C@]3(O)[C@@]1(O)[C@H](O)[C@@H](O)[C@@H]2C(C)=O. The van der Waals surface area contributed by atoms with Crippen LogP contribution in [0.2, 0.25) is 0 Å². The second-order valence-corrected chi connectivity index (χ2v) is 12.5. The molecular weight excluding hydrogens is 490 g/mol.